The Kier molecular flexibility index (Phi) is 5.62. The summed E-state index contributed by atoms with van der Waals surface area (Å²) in [5.74, 6) is 0.652. The van der Waals surface area contributed by atoms with E-state index in [0.29, 0.717) is 22.9 Å². The molecule has 0 bridgehead atoms. The van der Waals surface area contributed by atoms with Crippen LogP contribution in [0.2, 0.25) is 5.02 Å². The minimum Gasteiger partial charge on any atom is -0.487 e. The summed E-state index contributed by atoms with van der Waals surface area (Å²) in [4.78, 5) is 0. The zero-order valence-corrected chi connectivity index (χ0v) is 12.7. The van der Waals surface area contributed by atoms with Gasteiger partial charge in [0.1, 0.15) is 12.4 Å². The van der Waals surface area contributed by atoms with E-state index in [2.05, 4.69) is 18.3 Å². The van der Waals surface area contributed by atoms with Crippen molar-refractivity contribution < 1.29 is 4.74 Å². The number of hydrogen-bond donors (Lipinski definition) is 1. The quantitative estimate of drug-likeness (QED) is 0.880. The molecule has 1 N–H and O–H groups in total. The molecule has 2 aromatic carbocycles. The smallest absolute Gasteiger partial charge is 0.138 e. The maximum absolute atomic E-state index is 8.87. The van der Waals surface area contributed by atoms with Gasteiger partial charge in [-0.25, -0.2) is 0 Å². The fourth-order valence-electron chi connectivity index (χ4n) is 1.93. The zero-order chi connectivity index (χ0) is 15.1. The van der Waals surface area contributed by atoms with Gasteiger partial charge in [0.05, 0.1) is 16.7 Å². The van der Waals surface area contributed by atoms with Crippen molar-refractivity contribution >= 4 is 11.6 Å². The molecule has 0 saturated heterocycles. The summed E-state index contributed by atoms with van der Waals surface area (Å²) in [5.41, 5.74) is 2.70. The predicted molar refractivity (Wildman–Crippen MR) is 84.3 cm³/mol. The molecule has 0 aromatic heterocycles. The van der Waals surface area contributed by atoms with E-state index in [9.17, 15) is 0 Å². The van der Waals surface area contributed by atoms with Crippen LogP contribution in [0.3, 0.4) is 0 Å². The fourth-order valence-corrected chi connectivity index (χ4v) is 2.19. The van der Waals surface area contributed by atoms with E-state index < -0.39 is 0 Å². The van der Waals surface area contributed by atoms with Crippen molar-refractivity contribution in [1.82, 2.24) is 5.32 Å². The molecular formula is C17H17ClN2O. The van der Waals surface area contributed by atoms with Crippen LogP contribution in [0.1, 0.15) is 23.6 Å². The molecule has 0 heterocycles. The number of rotatable bonds is 6. The minimum absolute atomic E-state index is 0.391. The highest BCUT2D eigenvalue weighted by molar-refractivity contribution is 6.32. The van der Waals surface area contributed by atoms with Gasteiger partial charge < -0.3 is 10.1 Å². The summed E-state index contributed by atoms with van der Waals surface area (Å²) in [6.45, 7) is 4.17. The average molecular weight is 301 g/mol. The second-order valence-corrected chi connectivity index (χ2v) is 5.05. The van der Waals surface area contributed by atoms with Gasteiger partial charge >= 0.3 is 0 Å². The van der Waals surface area contributed by atoms with E-state index in [1.165, 1.54) is 0 Å². The van der Waals surface area contributed by atoms with Crippen LogP contribution in [0, 0.1) is 11.3 Å². The van der Waals surface area contributed by atoms with Gasteiger partial charge in [0.25, 0.3) is 0 Å². The monoisotopic (exact) mass is 300 g/mol. The summed E-state index contributed by atoms with van der Waals surface area (Å²) in [5, 5.41) is 12.7. The Hall–Kier alpha value is -2.02. The third kappa shape index (κ3) is 4.49. The second-order valence-electron chi connectivity index (χ2n) is 4.65. The molecule has 0 unspecified atom stereocenters. The molecule has 0 saturated carbocycles. The van der Waals surface area contributed by atoms with Crippen LogP contribution in [0.5, 0.6) is 5.75 Å². The molecule has 4 heteroatoms. The molecular weight excluding hydrogens is 284 g/mol. The van der Waals surface area contributed by atoms with Gasteiger partial charge in [0.15, 0.2) is 0 Å². The standard InChI is InChI=1S/C17H17ClN2O/c1-2-20-11-14-6-7-17(16(18)9-14)21-12-15-5-3-4-13(8-15)10-19/h3-9,20H,2,11-12H2,1H3. The maximum atomic E-state index is 8.87. The van der Waals surface area contributed by atoms with E-state index in [0.717, 1.165) is 24.2 Å². The average Bonchev–Trinajstić information content (AvgIpc) is 2.52. The molecule has 0 amide bonds. The molecule has 3 nitrogen and oxygen atoms in total. The number of halogens is 1. The van der Waals surface area contributed by atoms with E-state index in [1.807, 2.05) is 36.4 Å². The Balaban J connectivity index is 2.01. The number of benzene rings is 2. The van der Waals surface area contributed by atoms with E-state index in [1.54, 1.807) is 6.07 Å². The van der Waals surface area contributed by atoms with Crippen molar-refractivity contribution in [2.45, 2.75) is 20.1 Å². The summed E-state index contributed by atoms with van der Waals surface area (Å²) in [6.07, 6.45) is 0. The SMILES string of the molecule is CCNCc1ccc(OCc2cccc(C#N)c2)c(Cl)c1. The van der Waals surface area contributed by atoms with Crippen LogP contribution in [0.4, 0.5) is 0 Å². The molecule has 0 radical (unpaired) electrons. The Labute approximate surface area is 130 Å². The summed E-state index contributed by atoms with van der Waals surface area (Å²) >= 11 is 6.23. The Bertz CT molecular complexity index is 649. The van der Waals surface area contributed by atoms with Gasteiger partial charge in [0.2, 0.25) is 0 Å². The topological polar surface area (TPSA) is 45.0 Å². The number of nitrogens with one attached hydrogen (secondary N) is 1. The Morgan fingerprint density at radius 1 is 1.19 bits per heavy atom. The molecule has 2 rings (SSSR count). The van der Waals surface area contributed by atoms with Gasteiger partial charge in [-0.2, -0.15) is 5.26 Å². The Morgan fingerprint density at radius 2 is 2.05 bits per heavy atom. The van der Waals surface area contributed by atoms with Crippen molar-refractivity contribution in [3.63, 3.8) is 0 Å². The van der Waals surface area contributed by atoms with Gasteiger partial charge in [-0.1, -0.05) is 36.7 Å². The van der Waals surface area contributed by atoms with Crippen LogP contribution in [0.15, 0.2) is 42.5 Å². The lowest BCUT2D eigenvalue weighted by atomic mass is 10.1. The zero-order valence-electron chi connectivity index (χ0n) is 11.9. The van der Waals surface area contributed by atoms with Crippen molar-refractivity contribution in [1.29, 1.82) is 5.26 Å². The molecule has 0 aliphatic rings. The van der Waals surface area contributed by atoms with Crippen molar-refractivity contribution in [2.75, 3.05) is 6.54 Å². The van der Waals surface area contributed by atoms with Crippen LogP contribution < -0.4 is 10.1 Å². The Morgan fingerprint density at radius 3 is 2.76 bits per heavy atom. The summed E-state index contributed by atoms with van der Waals surface area (Å²) in [6, 6.07) is 15.3. The summed E-state index contributed by atoms with van der Waals surface area (Å²) in [7, 11) is 0. The first-order valence-corrected chi connectivity index (χ1v) is 7.21. The third-order valence-corrected chi connectivity index (χ3v) is 3.32. The first-order valence-electron chi connectivity index (χ1n) is 6.84. The van der Waals surface area contributed by atoms with Gasteiger partial charge in [-0.3, -0.25) is 0 Å². The van der Waals surface area contributed by atoms with Gasteiger partial charge in [-0.05, 0) is 41.9 Å². The van der Waals surface area contributed by atoms with Crippen molar-refractivity contribution in [2.24, 2.45) is 0 Å². The fraction of sp³-hybridized carbons (Fsp3) is 0.235. The summed E-state index contributed by atoms with van der Waals surface area (Å²) < 4.78 is 5.72. The number of hydrogen-bond acceptors (Lipinski definition) is 3. The minimum atomic E-state index is 0.391. The van der Waals surface area contributed by atoms with Gasteiger partial charge in [-0.15, -0.1) is 0 Å². The molecule has 2 aromatic rings. The lowest BCUT2D eigenvalue weighted by Crippen LogP contribution is -2.11. The highest BCUT2D eigenvalue weighted by Crippen LogP contribution is 2.26. The van der Waals surface area contributed by atoms with Crippen LogP contribution in [-0.4, -0.2) is 6.54 Å². The second kappa shape index (κ2) is 7.68. The van der Waals surface area contributed by atoms with Crippen molar-refractivity contribution in [3.8, 4) is 11.8 Å². The number of nitrogens with zero attached hydrogens (tertiary/aromatic N) is 1. The van der Waals surface area contributed by atoms with E-state index >= 15 is 0 Å². The van der Waals surface area contributed by atoms with E-state index in [4.69, 9.17) is 21.6 Å². The van der Waals surface area contributed by atoms with Crippen molar-refractivity contribution in [3.05, 3.63) is 64.2 Å². The lowest BCUT2D eigenvalue weighted by molar-refractivity contribution is 0.306. The molecule has 0 aliphatic carbocycles. The molecule has 0 spiro atoms. The van der Waals surface area contributed by atoms with Crippen LogP contribution >= 0.6 is 11.6 Å². The molecule has 0 aliphatic heterocycles. The van der Waals surface area contributed by atoms with E-state index in [-0.39, 0.29) is 0 Å². The lowest BCUT2D eigenvalue weighted by Gasteiger charge is -2.10. The first kappa shape index (κ1) is 15.4. The van der Waals surface area contributed by atoms with Crippen LogP contribution in [0.25, 0.3) is 0 Å². The molecule has 0 atom stereocenters. The van der Waals surface area contributed by atoms with Crippen LogP contribution in [-0.2, 0) is 13.2 Å². The first-order chi connectivity index (χ1) is 10.2. The predicted octanol–water partition coefficient (Wildman–Crippen LogP) is 3.90. The highest BCUT2D eigenvalue weighted by Gasteiger charge is 2.04. The number of ether oxygens (including phenoxy) is 1. The van der Waals surface area contributed by atoms with Gasteiger partial charge in [0, 0.05) is 6.54 Å². The normalized spacial score (nSPS) is 10.1. The molecule has 108 valence electrons. The highest BCUT2D eigenvalue weighted by atomic mass is 35.5. The number of nitriles is 1. The molecule has 0 fully saturated rings. The molecule has 21 heavy (non-hydrogen) atoms. The maximum Gasteiger partial charge on any atom is 0.138 e. The largest absolute Gasteiger partial charge is 0.487 e. The third-order valence-electron chi connectivity index (χ3n) is 3.03.